The van der Waals surface area contributed by atoms with Gasteiger partial charge in [0.1, 0.15) is 90.9 Å². The van der Waals surface area contributed by atoms with Crippen LogP contribution in [0.4, 0.5) is 19.2 Å². The number of rotatable bonds is 35. The maximum atomic E-state index is 13.5. The largest absolute Gasteiger partial charge is 0.494 e. The number of amides is 4. The molecule has 4 atom stereocenters. The molecule has 0 saturated heterocycles. The average molecular weight is 2070 g/mol. The lowest BCUT2D eigenvalue weighted by Crippen LogP contribution is -2.42. The molecule has 0 aliphatic carbocycles. The number of hydrogen-bond donors (Lipinski definition) is 4. The minimum Gasteiger partial charge on any atom is -0.494 e. The monoisotopic (exact) mass is 2070 g/mol. The van der Waals surface area contributed by atoms with Crippen molar-refractivity contribution < 1.29 is 66.5 Å². The van der Waals surface area contributed by atoms with Gasteiger partial charge in [-0.15, -0.1) is 0 Å². The molecule has 36 heteroatoms. The highest BCUT2D eigenvalue weighted by molar-refractivity contribution is 6.32. The third kappa shape index (κ3) is 26.0. The number of aromatic nitrogens is 13. The van der Waals surface area contributed by atoms with E-state index in [9.17, 15) is 19.2 Å². The van der Waals surface area contributed by atoms with Crippen LogP contribution in [0.2, 0.25) is 20.1 Å². The summed E-state index contributed by atoms with van der Waals surface area (Å²) in [5.74, 6) is 4.00. The lowest BCUT2D eigenvalue weighted by molar-refractivity contribution is 0.0888. The Balaban J connectivity index is 0.000000134. The van der Waals surface area contributed by atoms with E-state index in [0.29, 0.717) is 123 Å². The number of benzene rings is 9. The van der Waals surface area contributed by atoms with E-state index in [1.54, 1.807) is 68.9 Å². The molecule has 11 heterocycles. The van der Waals surface area contributed by atoms with Crippen LogP contribution in [0.1, 0.15) is 150 Å². The highest BCUT2D eigenvalue weighted by Crippen LogP contribution is 2.46. The number of halogens is 4. The first-order valence-corrected chi connectivity index (χ1v) is 51.1. The summed E-state index contributed by atoms with van der Waals surface area (Å²) in [7, 11) is 3.43. The second-order valence-corrected chi connectivity index (χ2v) is 37.9. The van der Waals surface area contributed by atoms with E-state index in [-0.39, 0.29) is 42.4 Å². The van der Waals surface area contributed by atoms with Gasteiger partial charge in [-0.05, 0) is 237 Å². The predicted octanol–water partition coefficient (Wildman–Crippen LogP) is 22.5. The molecule has 147 heavy (non-hydrogen) atoms. The van der Waals surface area contributed by atoms with Crippen LogP contribution in [0.3, 0.4) is 0 Å². The van der Waals surface area contributed by atoms with Crippen molar-refractivity contribution in [3.63, 3.8) is 0 Å². The van der Waals surface area contributed by atoms with Gasteiger partial charge in [0, 0.05) is 185 Å². The Morgan fingerprint density at radius 1 is 0.381 bits per heavy atom. The van der Waals surface area contributed by atoms with Crippen LogP contribution < -0.4 is 23.7 Å². The van der Waals surface area contributed by atoms with Crippen molar-refractivity contribution in [2.75, 3.05) is 113 Å². The Kier molecular flexibility index (Phi) is 35.5. The third-order valence-corrected chi connectivity index (χ3v) is 27.1. The molecule has 4 amide bonds. The highest BCUT2D eigenvalue weighted by atomic mass is 35.5. The number of carbonyl (C=O) groups excluding carboxylic acids is 4. The van der Waals surface area contributed by atoms with Crippen molar-refractivity contribution in [3.05, 3.63) is 337 Å². The number of allylic oxidation sites excluding steroid dienone is 1. The van der Waals surface area contributed by atoms with Crippen LogP contribution in [0.25, 0.3) is 43.6 Å². The quantitative estimate of drug-likeness (QED) is 0.0163. The maximum Gasteiger partial charge on any atom is 0.416 e. The third-order valence-electron chi connectivity index (χ3n) is 26.2. The molecular formula is C111H120Cl4N18O14. The van der Waals surface area contributed by atoms with Crippen LogP contribution in [0, 0.1) is 6.92 Å². The Bertz CT molecular complexity index is 7060. The molecule has 9 aromatic carbocycles. The molecule has 4 aliphatic rings. The number of ether oxygens (including phenoxy) is 10. The van der Waals surface area contributed by atoms with Gasteiger partial charge in [-0.2, -0.15) is 15.3 Å². The van der Waals surface area contributed by atoms with Gasteiger partial charge >= 0.3 is 24.4 Å². The second-order valence-electron chi connectivity index (χ2n) is 36.2. The molecule has 0 spiro atoms. The maximum absolute atomic E-state index is 13.5. The van der Waals surface area contributed by atoms with Gasteiger partial charge in [0.05, 0.1) is 58.6 Å². The van der Waals surface area contributed by atoms with E-state index in [1.807, 2.05) is 220 Å². The summed E-state index contributed by atoms with van der Waals surface area (Å²) in [6, 6.07) is 61.3. The number of carbonyl (C=O) groups is 4. The van der Waals surface area contributed by atoms with Crippen molar-refractivity contribution in [2.45, 2.75) is 129 Å². The van der Waals surface area contributed by atoms with Crippen molar-refractivity contribution in [1.82, 2.24) is 88.7 Å². The summed E-state index contributed by atoms with van der Waals surface area (Å²) < 4.78 is 61.7. The van der Waals surface area contributed by atoms with Gasteiger partial charge in [0.25, 0.3) is 0 Å². The SMILES string of the molecule is C=C(C)OC(=O)N1CCc2c([nH]c3ccc(Cl)cc23)C1c1ccc(OCCCn2cncn2)cc1.CCCOC(=O)N1CCc2c([nH]c3ccc(Cl)cc23)C1c1ccc(OCCCn2cncn2)cc1.CCOC(=O)N1CCc2c([nH]c3ccc(Cl)cc23)C1c1ccc(OCCCN(CCOC)CCOC)cc1.Cc1ccc(OC(=O)N2CCc3c([nH]c4ccc(Cl)cc34)C2c2ccc(OCCCn3cncn3)cc2)cc1. The summed E-state index contributed by atoms with van der Waals surface area (Å²) in [6.45, 7) is 22.7. The number of aromatic amines is 4. The van der Waals surface area contributed by atoms with Gasteiger partial charge in [0.15, 0.2) is 0 Å². The first-order valence-electron chi connectivity index (χ1n) is 49.6. The minimum absolute atomic E-state index is 0.282. The van der Waals surface area contributed by atoms with Crippen molar-refractivity contribution in [3.8, 4) is 28.7 Å². The molecule has 0 saturated carbocycles. The Morgan fingerprint density at radius 2 is 0.694 bits per heavy atom. The lowest BCUT2D eigenvalue weighted by atomic mass is 9.92. The van der Waals surface area contributed by atoms with Gasteiger partial charge in [0.2, 0.25) is 0 Å². The molecule has 32 nitrogen and oxygen atoms in total. The molecule has 0 radical (unpaired) electrons. The predicted molar refractivity (Wildman–Crippen MR) is 566 cm³/mol. The van der Waals surface area contributed by atoms with Gasteiger partial charge in [-0.3, -0.25) is 38.5 Å². The average Bonchev–Trinajstić information content (AvgIpc) is 1.62. The van der Waals surface area contributed by atoms with E-state index >= 15 is 0 Å². The Hall–Kier alpha value is -14.4. The van der Waals surface area contributed by atoms with Gasteiger partial charge < -0.3 is 67.3 Å². The molecule has 20 rings (SSSR count). The van der Waals surface area contributed by atoms with E-state index < -0.39 is 6.09 Å². The molecule has 766 valence electrons. The Morgan fingerprint density at radius 3 is 1.00 bits per heavy atom. The highest BCUT2D eigenvalue weighted by Gasteiger charge is 2.41. The zero-order valence-corrected chi connectivity index (χ0v) is 86.1. The van der Waals surface area contributed by atoms with Crippen molar-refractivity contribution >= 4 is 114 Å². The fourth-order valence-corrected chi connectivity index (χ4v) is 19.9. The molecule has 16 aromatic rings. The first kappa shape index (κ1) is 104. The summed E-state index contributed by atoms with van der Waals surface area (Å²) in [6.07, 6.45) is 15.2. The number of aryl methyl sites for hydroxylation is 4. The lowest BCUT2D eigenvalue weighted by Gasteiger charge is -2.35. The number of nitrogens with one attached hydrogen (secondary N) is 4. The van der Waals surface area contributed by atoms with Crippen LogP contribution in [-0.4, -0.2) is 226 Å². The van der Waals surface area contributed by atoms with Crippen molar-refractivity contribution in [2.24, 2.45) is 0 Å². The number of hydrogen-bond acceptors (Lipinski definition) is 21. The molecule has 0 fully saturated rings. The van der Waals surface area contributed by atoms with Crippen LogP contribution in [0.5, 0.6) is 28.7 Å². The fraction of sp³-hybridized carbons (Fsp3) is 0.333. The zero-order chi connectivity index (χ0) is 102. The zero-order valence-electron chi connectivity index (χ0n) is 83.0. The van der Waals surface area contributed by atoms with Gasteiger partial charge in [-0.1, -0.05) is 126 Å². The second kappa shape index (κ2) is 50.1. The first-order chi connectivity index (χ1) is 71.7. The normalized spacial score (nSPS) is 15.1. The van der Waals surface area contributed by atoms with Crippen LogP contribution >= 0.6 is 46.4 Å². The summed E-state index contributed by atoms with van der Waals surface area (Å²) >= 11 is 25.2. The number of nitrogens with zero attached hydrogens (tertiary/aromatic N) is 14. The summed E-state index contributed by atoms with van der Waals surface area (Å²) in [5, 5.41) is 19.5. The minimum atomic E-state index is -0.418. The summed E-state index contributed by atoms with van der Waals surface area (Å²) in [4.78, 5) is 87.9. The summed E-state index contributed by atoms with van der Waals surface area (Å²) in [5.41, 5.74) is 17.7. The van der Waals surface area contributed by atoms with Crippen LogP contribution in [0.15, 0.2) is 244 Å². The van der Waals surface area contributed by atoms with Crippen molar-refractivity contribution in [1.29, 1.82) is 0 Å². The topological polar surface area (TPSA) is 332 Å². The van der Waals surface area contributed by atoms with Gasteiger partial charge in [-0.25, -0.2) is 34.1 Å². The molecule has 4 unspecified atom stereocenters. The number of methoxy groups -OCH3 is 2. The fourth-order valence-electron chi connectivity index (χ4n) is 19.2. The molecular weight excluding hydrogens is 1950 g/mol. The van der Waals surface area contributed by atoms with Crippen LogP contribution in [-0.2, 0) is 69.0 Å². The van der Waals surface area contributed by atoms with E-state index in [4.69, 9.17) is 93.8 Å². The Labute approximate surface area is 872 Å². The smallest absolute Gasteiger partial charge is 0.416 e. The molecule has 0 bridgehead atoms. The molecule has 4 aliphatic heterocycles. The standard InChI is InChI=1S/C30H28ClN5O3.C29H38ClN3O5.C26H26ClN5O3.C26H28ClN5O3/c1-20-3-8-24(9-4-20)39-30(37)36-15-13-25-26-17-22(31)7-12-27(26)34-28(25)29(36)21-5-10-23(11-6-21)38-16-2-14-35-19-32-18-33-35;1-4-37-29(34)33-14-12-24-25-20-22(30)8-11-26(25)31-27(24)28(33)21-6-9-23(10-7-21)38-17-5-13-32(15-18-35-2)16-19-36-3;1-17(2)35-26(33)32-12-10-21-22-14-19(27)6-9-23(22)30-24(21)25(32)18-4-7-20(8-5-18)34-13-3-11-31-16-28-15-29-31;1-2-13-35-26(33)32-12-10-21-22-15-19(27)6-9-23(22)30-24(21)25(32)18-4-7-20(8-5-18)34-14-3-11-31-17-28-16-29-31/h3-12,17-19,29,34H,2,13-16H2,1H3;6-11,20,28,31H,4-5,12-19H2,1-3H3;4-9,14-16,25,30H,1,3,10-13H2,2H3;4-9,15-17,25,30H,2-3,10-14H2,1H3. The van der Waals surface area contributed by atoms with E-state index in [0.717, 1.165) is 201 Å². The molecule has 7 aromatic heterocycles. The molecule has 4 N–H and O–H groups in total. The number of fused-ring (bicyclic) bond motifs is 12. The van der Waals surface area contributed by atoms with E-state index in [2.05, 4.69) is 61.7 Å². The van der Waals surface area contributed by atoms with E-state index in [1.165, 1.54) is 41.2 Å². The number of H-pyrrole nitrogens is 4.